The average molecular weight is 592 g/mol. The maximum absolute atomic E-state index is 13.3. The van der Waals surface area contributed by atoms with Crippen molar-refractivity contribution in [3.63, 3.8) is 0 Å². The Labute approximate surface area is 250 Å². The highest BCUT2D eigenvalue weighted by molar-refractivity contribution is 8.00. The van der Waals surface area contributed by atoms with Gasteiger partial charge in [-0.05, 0) is 55.5 Å². The Morgan fingerprint density at radius 1 is 1.05 bits per heavy atom. The first kappa shape index (κ1) is 29.4. The van der Waals surface area contributed by atoms with Crippen molar-refractivity contribution in [3.05, 3.63) is 76.2 Å². The third-order valence-electron chi connectivity index (χ3n) is 7.77. The van der Waals surface area contributed by atoms with Crippen LogP contribution in [0.5, 0.6) is 0 Å². The largest absolute Gasteiger partial charge is 0.465 e. The molecule has 41 heavy (non-hydrogen) atoms. The van der Waals surface area contributed by atoms with E-state index in [1.165, 1.54) is 42.2 Å². The highest BCUT2D eigenvalue weighted by Gasteiger charge is 2.30. The maximum Gasteiger partial charge on any atom is 0.341 e. The number of hydrogen-bond donors (Lipinski definition) is 2. The lowest BCUT2D eigenvalue weighted by Gasteiger charge is -2.27. The number of anilines is 2. The molecule has 2 aromatic carbocycles. The van der Waals surface area contributed by atoms with Gasteiger partial charge in [0.15, 0.2) is 0 Å². The van der Waals surface area contributed by atoms with Crippen molar-refractivity contribution in [2.75, 3.05) is 24.3 Å². The summed E-state index contributed by atoms with van der Waals surface area (Å²) in [7, 11) is 1.38. The Morgan fingerprint density at radius 2 is 1.83 bits per heavy atom. The van der Waals surface area contributed by atoms with Crippen LogP contribution in [0.2, 0.25) is 0 Å². The molecule has 1 atom stereocenters. The third-order valence-corrected chi connectivity index (χ3v) is 10.00. The summed E-state index contributed by atoms with van der Waals surface area (Å²) in [6.45, 7) is 4.23. The molecule has 0 bridgehead atoms. The van der Waals surface area contributed by atoms with Crippen molar-refractivity contribution < 1.29 is 19.1 Å². The summed E-state index contributed by atoms with van der Waals surface area (Å²) < 4.78 is 5.11. The number of nitrogens with one attached hydrogen (secondary N) is 2. The fraction of sp³-hybridized carbons (Fsp3) is 0.406. The van der Waals surface area contributed by atoms with Crippen LogP contribution >= 0.6 is 23.1 Å². The minimum absolute atomic E-state index is 0.0794. The second kappa shape index (κ2) is 13.7. The van der Waals surface area contributed by atoms with Crippen LogP contribution in [0.25, 0.3) is 0 Å². The van der Waals surface area contributed by atoms with Gasteiger partial charge < -0.3 is 15.4 Å². The number of methoxy groups -OCH3 is 1. The fourth-order valence-electron chi connectivity index (χ4n) is 5.57. The molecule has 2 amide bonds. The second-order valence-corrected chi connectivity index (χ2v) is 13.3. The van der Waals surface area contributed by atoms with Gasteiger partial charge in [-0.2, -0.15) is 0 Å². The van der Waals surface area contributed by atoms with E-state index in [9.17, 15) is 14.4 Å². The molecule has 5 rings (SSSR count). The van der Waals surface area contributed by atoms with Gasteiger partial charge in [-0.1, -0.05) is 55.7 Å². The van der Waals surface area contributed by atoms with Crippen molar-refractivity contribution in [1.82, 2.24) is 4.90 Å². The van der Waals surface area contributed by atoms with Crippen molar-refractivity contribution in [1.29, 1.82) is 0 Å². The van der Waals surface area contributed by atoms with E-state index >= 15 is 0 Å². The first-order valence-corrected chi connectivity index (χ1v) is 16.0. The first-order valence-electron chi connectivity index (χ1n) is 14.3. The maximum atomic E-state index is 13.3. The van der Waals surface area contributed by atoms with Gasteiger partial charge in [0.25, 0.3) is 0 Å². The number of fused-ring (bicyclic) bond motifs is 1. The Hall–Kier alpha value is -3.14. The van der Waals surface area contributed by atoms with Crippen molar-refractivity contribution in [3.8, 4) is 0 Å². The zero-order valence-corrected chi connectivity index (χ0v) is 25.2. The van der Waals surface area contributed by atoms with Crippen LogP contribution in [-0.2, 0) is 33.8 Å². The van der Waals surface area contributed by atoms with Gasteiger partial charge in [0, 0.05) is 41.0 Å². The summed E-state index contributed by atoms with van der Waals surface area (Å²) >= 11 is 2.88. The smallest absolute Gasteiger partial charge is 0.341 e. The van der Waals surface area contributed by atoms with E-state index in [0.29, 0.717) is 10.6 Å². The molecule has 7 nitrogen and oxygen atoms in total. The van der Waals surface area contributed by atoms with E-state index in [1.807, 2.05) is 49.4 Å². The van der Waals surface area contributed by atoms with Gasteiger partial charge in [-0.25, -0.2) is 4.79 Å². The zero-order chi connectivity index (χ0) is 28.8. The minimum atomic E-state index is -0.420. The summed E-state index contributed by atoms with van der Waals surface area (Å²) in [5.41, 5.74) is 3.45. The lowest BCUT2D eigenvalue weighted by atomic mass is 9.88. The van der Waals surface area contributed by atoms with E-state index in [1.54, 1.807) is 0 Å². The second-order valence-electron chi connectivity index (χ2n) is 10.7. The molecule has 1 fully saturated rings. The lowest BCUT2D eigenvalue weighted by Crippen LogP contribution is -2.29. The summed E-state index contributed by atoms with van der Waals surface area (Å²) in [6.07, 6.45) is 6.04. The van der Waals surface area contributed by atoms with Crippen molar-refractivity contribution >= 4 is 51.6 Å². The normalized spacial score (nSPS) is 16.4. The van der Waals surface area contributed by atoms with Crippen molar-refractivity contribution in [2.45, 2.75) is 68.7 Å². The van der Waals surface area contributed by atoms with Crippen LogP contribution < -0.4 is 10.6 Å². The summed E-state index contributed by atoms with van der Waals surface area (Å²) in [5, 5.41) is 6.22. The first-order chi connectivity index (χ1) is 19.9. The molecule has 1 unspecified atom stereocenters. The summed E-state index contributed by atoms with van der Waals surface area (Å²) in [5.74, 6) is -0.444. The molecule has 1 aromatic heterocycles. The molecule has 1 aliphatic carbocycles. The molecular formula is C32H37N3O4S2. The molecule has 2 N–H and O–H groups in total. The minimum Gasteiger partial charge on any atom is -0.465 e. The number of rotatable bonds is 9. The van der Waals surface area contributed by atoms with E-state index in [-0.39, 0.29) is 17.7 Å². The standard InChI is InChI=1S/C32H37N3O4S2/c1-21(40-25-15-9-14-24(18-25)33-30(37)23-12-7-4-8-13-23)29(36)34-31-28(32(38)39-2)26-16-17-35(20-27(26)41-31)19-22-10-5-3-6-11-22/h3,5-6,9-11,14-15,18,21,23H,4,7-8,12-13,16-17,19-20H2,1-2H3,(H,33,37)(H,34,36). The Kier molecular flexibility index (Phi) is 9.80. The molecule has 2 heterocycles. The lowest BCUT2D eigenvalue weighted by molar-refractivity contribution is -0.120. The van der Waals surface area contributed by atoms with E-state index in [2.05, 4.69) is 27.7 Å². The highest BCUT2D eigenvalue weighted by Crippen LogP contribution is 2.38. The predicted octanol–water partition coefficient (Wildman–Crippen LogP) is 6.73. The van der Waals surface area contributed by atoms with Crippen LogP contribution in [0, 0.1) is 5.92 Å². The Morgan fingerprint density at radius 3 is 2.59 bits per heavy atom. The molecule has 0 spiro atoms. The van der Waals surface area contributed by atoms with Crippen LogP contribution in [0.1, 0.15) is 65.4 Å². The number of amides is 2. The number of hydrogen-bond acceptors (Lipinski definition) is 7. The molecular weight excluding hydrogens is 555 g/mol. The molecule has 3 aromatic rings. The topological polar surface area (TPSA) is 87.7 Å². The average Bonchev–Trinajstić information content (AvgIpc) is 3.34. The molecule has 1 aliphatic heterocycles. The fourth-order valence-corrected chi connectivity index (χ4v) is 7.77. The number of ether oxygens (including phenoxy) is 1. The predicted molar refractivity (Wildman–Crippen MR) is 166 cm³/mol. The number of thioether (sulfide) groups is 1. The number of esters is 1. The third kappa shape index (κ3) is 7.39. The van der Waals surface area contributed by atoms with Gasteiger partial charge in [-0.3, -0.25) is 14.5 Å². The van der Waals surface area contributed by atoms with Crippen LogP contribution in [0.3, 0.4) is 0 Å². The van der Waals surface area contributed by atoms with E-state index < -0.39 is 11.2 Å². The van der Waals surface area contributed by atoms with Crippen LogP contribution in [0.15, 0.2) is 59.5 Å². The zero-order valence-electron chi connectivity index (χ0n) is 23.6. The number of benzene rings is 2. The van der Waals surface area contributed by atoms with Crippen LogP contribution in [-0.4, -0.2) is 41.6 Å². The van der Waals surface area contributed by atoms with E-state index in [0.717, 1.165) is 72.8 Å². The van der Waals surface area contributed by atoms with Crippen LogP contribution in [0.4, 0.5) is 10.7 Å². The number of carbonyl (C=O) groups is 3. The summed E-state index contributed by atoms with van der Waals surface area (Å²) in [6, 6.07) is 18.0. The molecule has 2 aliphatic rings. The molecule has 216 valence electrons. The van der Waals surface area contributed by atoms with Gasteiger partial charge in [0.2, 0.25) is 11.8 Å². The van der Waals surface area contributed by atoms with Gasteiger partial charge in [0.05, 0.1) is 17.9 Å². The monoisotopic (exact) mass is 591 g/mol. The summed E-state index contributed by atoms with van der Waals surface area (Å²) in [4.78, 5) is 43.2. The van der Waals surface area contributed by atoms with Crippen molar-refractivity contribution in [2.24, 2.45) is 5.92 Å². The molecule has 0 radical (unpaired) electrons. The van der Waals surface area contributed by atoms with Gasteiger partial charge >= 0.3 is 5.97 Å². The number of carbonyl (C=O) groups excluding carboxylic acids is 3. The Bertz CT molecular complexity index is 1380. The number of thiophene rings is 1. The molecule has 0 saturated heterocycles. The quantitative estimate of drug-likeness (QED) is 0.212. The highest BCUT2D eigenvalue weighted by atomic mass is 32.2. The van der Waals surface area contributed by atoms with Gasteiger partial charge in [-0.15, -0.1) is 23.1 Å². The Balaban J connectivity index is 1.24. The van der Waals surface area contributed by atoms with Gasteiger partial charge in [0.1, 0.15) is 5.00 Å². The van der Waals surface area contributed by atoms with E-state index in [4.69, 9.17) is 4.74 Å². The number of nitrogens with zero attached hydrogens (tertiary/aromatic N) is 1. The molecule has 1 saturated carbocycles. The SMILES string of the molecule is COC(=O)c1c(NC(=O)C(C)Sc2cccc(NC(=O)C3CCCCC3)c2)sc2c1CCN(Cc1ccccc1)C2. The molecule has 9 heteroatoms.